The summed E-state index contributed by atoms with van der Waals surface area (Å²) in [6, 6.07) is 13.0. The van der Waals surface area contributed by atoms with Gasteiger partial charge in [-0.25, -0.2) is 4.98 Å². The van der Waals surface area contributed by atoms with E-state index in [9.17, 15) is 0 Å². The number of ether oxygens (including phenoxy) is 1. The van der Waals surface area contributed by atoms with E-state index in [-0.39, 0.29) is 5.95 Å². The van der Waals surface area contributed by atoms with Crippen molar-refractivity contribution in [1.82, 2.24) is 9.97 Å². The van der Waals surface area contributed by atoms with Gasteiger partial charge in [-0.2, -0.15) is 4.98 Å². The van der Waals surface area contributed by atoms with Crippen LogP contribution < -0.4 is 16.2 Å². The molecule has 0 spiro atoms. The molecule has 0 aliphatic carbocycles. The molecule has 3 aromatic rings. The summed E-state index contributed by atoms with van der Waals surface area (Å²) in [5.74, 6) is 1.74. The number of benzene rings is 2. The van der Waals surface area contributed by atoms with Crippen LogP contribution >= 0.6 is 15.9 Å². The topological polar surface area (TPSA) is 87.0 Å². The number of anilines is 2. The maximum Gasteiger partial charge on any atom is 0.222 e. The lowest BCUT2D eigenvalue weighted by Gasteiger charge is -2.10. The molecular formula is C14H11BrN4O. The molecule has 5 nitrogen and oxygen atoms in total. The van der Waals surface area contributed by atoms with Gasteiger partial charge in [0.2, 0.25) is 5.95 Å². The Morgan fingerprint density at radius 2 is 1.80 bits per heavy atom. The van der Waals surface area contributed by atoms with Gasteiger partial charge in [-0.15, -0.1) is 0 Å². The summed E-state index contributed by atoms with van der Waals surface area (Å²) in [4.78, 5) is 8.13. The van der Waals surface area contributed by atoms with Crippen LogP contribution in [0.5, 0.6) is 11.5 Å². The molecular weight excluding hydrogens is 320 g/mol. The summed E-state index contributed by atoms with van der Waals surface area (Å²) in [6.45, 7) is 0. The van der Waals surface area contributed by atoms with E-state index >= 15 is 0 Å². The molecule has 4 N–H and O–H groups in total. The Bertz CT molecular complexity index is 791. The van der Waals surface area contributed by atoms with Crippen molar-refractivity contribution >= 4 is 38.6 Å². The molecule has 0 radical (unpaired) electrons. The predicted octanol–water partition coefficient (Wildman–Crippen LogP) is 3.35. The number of rotatable bonds is 2. The van der Waals surface area contributed by atoms with Crippen molar-refractivity contribution in [3.8, 4) is 11.5 Å². The van der Waals surface area contributed by atoms with Crippen molar-refractivity contribution in [1.29, 1.82) is 0 Å². The third kappa shape index (κ3) is 2.37. The number of hydrogen-bond donors (Lipinski definition) is 2. The quantitative estimate of drug-likeness (QED) is 0.752. The highest BCUT2D eigenvalue weighted by Gasteiger charge is 2.10. The number of halogens is 1. The normalized spacial score (nSPS) is 10.7. The predicted molar refractivity (Wildman–Crippen MR) is 82.6 cm³/mol. The highest BCUT2D eigenvalue weighted by Crippen LogP contribution is 2.33. The van der Waals surface area contributed by atoms with Crippen LogP contribution in [0, 0.1) is 0 Å². The first-order valence-electron chi connectivity index (χ1n) is 5.88. The van der Waals surface area contributed by atoms with Gasteiger partial charge in [-0.05, 0) is 30.3 Å². The van der Waals surface area contributed by atoms with E-state index in [1.165, 1.54) is 0 Å². The summed E-state index contributed by atoms with van der Waals surface area (Å²) in [7, 11) is 0. The number of nitrogens with zero attached hydrogens (tertiary/aromatic N) is 2. The van der Waals surface area contributed by atoms with E-state index in [4.69, 9.17) is 16.2 Å². The molecule has 20 heavy (non-hydrogen) atoms. The van der Waals surface area contributed by atoms with Gasteiger partial charge in [0, 0.05) is 4.47 Å². The van der Waals surface area contributed by atoms with Crippen molar-refractivity contribution < 1.29 is 4.74 Å². The summed E-state index contributed by atoms with van der Waals surface area (Å²) < 4.78 is 6.80. The van der Waals surface area contributed by atoms with Crippen molar-refractivity contribution in [3.63, 3.8) is 0 Å². The van der Waals surface area contributed by atoms with Crippen LogP contribution in [0.1, 0.15) is 0 Å². The highest BCUT2D eigenvalue weighted by molar-refractivity contribution is 9.10. The fourth-order valence-electron chi connectivity index (χ4n) is 1.94. The van der Waals surface area contributed by atoms with Gasteiger partial charge in [0.1, 0.15) is 17.3 Å². The minimum absolute atomic E-state index is 0.148. The average molecular weight is 331 g/mol. The number of aromatic nitrogens is 2. The SMILES string of the molecule is Nc1nc(N)c2c(Oc3cccc(Br)c3)cccc2n1. The van der Waals surface area contributed by atoms with Crippen molar-refractivity contribution in [2.24, 2.45) is 0 Å². The van der Waals surface area contributed by atoms with E-state index in [2.05, 4.69) is 25.9 Å². The lowest BCUT2D eigenvalue weighted by molar-refractivity contribution is 0.488. The third-order valence-corrected chi connectivity index (χ3v) is 3.25. The van der Waals surface area contributed by atoms with Gasteiger partial charge >= 0.3 is 0 Å². The van der Waals surface area contributed by atoms with Crippen LogP contribution in [0.2, 0.25) is 0 Å². The maximum atomic E-state index is 5.92. The standard InChI is InChI=1S/C14H11BrN4O/c15-8-3-1-4-9(7-8)20-11-6-2-5-10-12(11)13(16)19-14(17)18-10/h1-7H,(H4,16,17,18,19). The van der Waals surface area contributed by atoms with Crippen LogP contribution in [0.25, 0.3) is 10.9 Å². The van der Waals surface area contributed by atoms with Gasteiger partial charge in [0.15, 0.2) is 0 Å². The van der Waals surface area contributed by atoms with Crippen molar-refractivity contribution in [2.75, 3.05) is 11.5 Å². The van der Waals surface area contributed by atoms with E-state index in [0.29, 0.717) is 28.2 Å². The zero-order valence-electron chi connectivity index (χ0n) is 10.4. The first kappa shape index (κ1) is 12.7. The Morgan fingerprint density at radius 1 is 1.00 bits per heavy atom. The Hall–Kier alpha value is -2.34. The zero-order chi connectivity index (χ0) is 14.1. The van der Waals surface area contributed by atoms with E-state index in [1.807, 2.05) is 42.5 Å². The van der Waals surface area contributed by atoms with Crippen molar-refractivity contribution in [3.05, 3.63) is 46.9 Å². The number of hydrogen-bond acceptors (Lipinski definition) is 5. The number of fused-ring (bicyclic) bond motifs is 1. The fraction of sp³-hybridized carbons (Fsp3) is 0. The van der Waals surface area contributed by atoms with E-state index < -0.39 is 0 Å². The molecule has 6 heteroatoms. The minimum atomic E-state index is 0.148. The smallest absolute Gasteiger partial charge is 0.222 e. The maximum absolute atomic E-state index is 5.92. The zero-order valence-corrected chi connectivity index (χ0v) is 12.0. The third-order valence-electron chi connectivity index (χ3n) is 2.75. The van der Waals surface area contributed by atoms with Crippen LogP contribution in [0.3, 0.4) is 0 Å². The average Bonchev–Trinajstić information content (AvgIpc) is 2.38. The lowest BCUT2D eigenvalue weighted by Crippen LogP contribution is -2.01. The largest absolute Gasteiger partial charge is 0.456 e. The molecule has 0 saturated heterocycles. The van der Waals surface area contributed by atoms with Crippen LogP contribution in [-0.2, 0) is 0 Å². The first-order chi connectivity index (χ1) is 9.63. The van der Waals surface area contributed by atoms with Gasteiger partial charge in [0.25, 0.3) is 0 Å². The highest BCUT2D eigenvalue weighted by atomic mass is 79.9. The Balaban J connectivity index is 2.12. The Kier molecular flexibility index (Phi) is 3.15. The molecule has 0 atom stereocenters. The molecule has 0 aliphatic heterocycles. The molecule has 100 valence electrons. The summed E-state index contributed by atoms with van der Waals surface area (Å²) in [5, 5.41) is 0.654. The molecule has 1 heterocycles. The van der Waals surface area contributed by atoms with Crippen LogP contribution in [0.4, 0.5) is 11.8 Å². The fourth-order valence-corrected chi connectivity index (χ4v) is 2.32. The van der Waals surface area contributed by atoms with Gasteiger partial charge in [-0.1, -0.05) is 28.1 Å². The number of nitrogen functional groups attached to an aromatic ring is 2. The van der Waals surface area contributed by atoms with Gasteiger partial charge in [-0.3, -0.25) is 0 Å². The van der Waals surface area contributed by atoms with Gasteiger partial charge < -0.3 is 16.2 Å². The molecule has 0 fully saturated rings. The first-order valence-corrected chi connectivity index (χ1v) is 6.68. The molecule has 2 aromatic carbocycles. The Labute approximate surface area is 123 Å². The summed E-state index contributed by atoms with van der Waals surface area (Å²) in [6.07, 6.45) is 0. The lowest BCUT2D eigenvalue weighted by atomic mass is 10.2. The second-order valence-electron chi connectivity index (χ2n) is 4.18. The number of nitrogens with two attached hydrogens (primary N) is 2. The summed E-state index contributed by atoms with van der Waals surface area (Å²) >= 11 is 3.40. The summed E-state index contributed by atoms with van der Waals surface area (Å²) in [5.41, 5.74) is 12.2. The Morgan fingerprint density at radius 3 is 2.60 bits per heavy atom. The van der Waals surface area contributed by atoms with E-state index in [1.54, 1.807) is 0 Å². The van der Waals surface area contributed by atoms with Gasteiger partial charge in [0.05, 0.1) is 10.9 Å². The van der Waals surface area contributed by atoms with E-state index in [0.717, 1.165) is 4.47 Å². The second-order valence-corrected chi connectivity index (χ2v) is 5.09. The van der Waals surface area contributed by atoms with Crippen molar-refractivity contribution in [2.45, 2.75) is 0 Å². The van der Waals surface area contributed by atoms with Crippen LogP contribution in [0.15, 0.2) is 46.9 Å². The molecule has 1 aromatic heterocycles. The van der Waals surface area contributed by atoms with Crippen LogP contribution in [-0.4, -0.2) is 9.97 Å². The molecule has 0 amide bonds. The second kappa shape index (κ2) is 4.97. The molecule has 0 bridgehead atoms. The monoisotopic (exact) mass is 330 g/mol. The molecule has 0 aliphatic rings. The molecule has 0 saturated carbocycles. The minimum Gasteiger partial charge on any atom is -0.456 e. The molecule has 0 unspecified atom stereocenters. The molecule has 3 rings (SSSR count).